The molecule has 5 nitrogen and oxygen atoms in total. The number of guanidine groups is 1. The highest BCUT2D eigenvalue weighted by molar-refractivity contribution is 7.99. The molecule has 156 valence electrons. The summed E-state index contributed by atoms with van der Waals surface area (Å²) in [7, 11) is 1.86. The van der Waals surface area contributed by atoms with Crippen molar-refractivity contribution in [1.82, 2.24) is 15.5 Å². The van der Waals surface area contributed by atoms with Gasteiger partial charge < -0.3 is 15.4 Å². The van der Waals surface area contributed by atoms with Crippen LogP contribution in [0.15, 0.2) is 29.3 Å². The number of aliphatic imine (C=N–C) groups is 1. The van der Waals surface area contributed by atoms with Crippen molar-refractivity contribution in [2.45, 2.75) is 69.7 Å². The fourth-order valence-corrected chi connectivity index (χ4v) is 5.19. The van der Waals surface area contributed by atoms with Crippen LogP contribution in [0.25, 0.3) is 0 Å². The summed E-state index contributed by atoms with van der Waals surface area (Å²) < 4.78 is 5.88. The number of thioether (sulfide) groups is 1. The smallest absolute Gasteiger partial charge is 0.191 e. The van der Waals surface area contributed by atoms with E-state index < -0.39 is 0 Å². The van der Waals surface area contributed by atoms with Crippen molar-refractivity contribution >= 4 is 17.7 Å². The molecule has 1 saturated heterocycles. The van der Waals surface area contributed by atoms with E-state index in [1.165, 1.54) is 30.4 Å². The van der Waals surface area contributed by atoms with Gasteiger partial charge in [0.05, 0.1) is 12.2 Å². The fraction of sp³-hybridized carbons (Fsp3) is 0.682. The van der Waals surface area contributed by atoms with Crippen LogP contribution in [0.5, 0.6) is 0 Å². The normalized spacial score (nSPS) is 29.1. The number of hydrogen-bond acceptors (Lipinski definition) is 4. The second-order valence-corrected chi connectivity index (χ2v) is 9.30. The summed E-state index contributed by atoms with van der Waals surface area (Å²) in [6.07, 6.45) is 6.58. The van der Waals surface area contributed by atoms with Crippen LogP contribution in [-0.4, -0.2) is 60.8 Å². The van der Waals surface area contributed by atoms with E-state index in [1.807, 2.05) is 18.8 Å². The van der Waals surface area contributed by atoms with Crippen LogP contribution in [0.4, 0.5) is 0 Å². The Morgan fingerprint density at radius 1 is 1.18 bits per heavy atom. The summed E-state index contributed by atoms with van der Waals surface area (Å²) in [5, 5.41) is 7.93. The molecule has 0 radical (unpaired) electrons. The lowest BCUT2D eigenvalue weighted by molar-refractivity contribution is -0.0705. The minimum Gasteiger partial charge on any atom is -0.373 e. The lowest BCUT2D eigenvalue weighted by Crippen LogP contribution is -2.45. The van der Waals surface area contributed by atoms with Crippen LogP contribution in [0, 0.1) is 0 Å². The molecule has 1 saturated carbocycles. The van der Waals surface area contributed by atoms with Crippen LogP contribution >= 0.6 is 11.8 Å². The van der Waals surface area contributed by atoms with Gasteiger partial charge in [0, 0.05) is 44.5 Å². The molecule has 28 heavy (non-hydrogen) atoms. The van der Waals surface area contributed by atoms with Gasteiger partial charge in [0.1, 0.15) is 0 Å². The minimum absolute atomic E-state index is 0.300. The highest BCUT2D eigenvalue weighted by Crippen LogP contribution is 2.28. The Morgan fingerprint density at radius 3 is 2.54 bits per heavy atom. The molecule has 0 aromatic heterocycles. The Kier molecular flexibility index (Phi) is 8.06. The van der Waals surface area contributed by atoms with Gasteiger partial charge in [-0.1, -0.05) is 24.3 Å². The topological polar surface area (TPSA) is 48.9 Å². The molecule has 1 aliphatic carbocycles. The first-order chi connectivity index (χ1) is 13.6. The number of benzene rings is 1. The average molecular weight is 405 g/mol. The van der Waals surface area contributed by atoms with E-state index in [2.05, 4.69) is 64.9 Å². The van der Waals surface area contributed by atoms with Crippen molar-refractivity contribution in [3.63, 3.8) is 0 Å². The van der Waals surface area contributed by atoms with E-state index in [-0.39, 0.29) is 0 Å². The van der Waals surface area contributed by atoms with Crippen molar-refractivity contribution in [2.24, 2.45) is 4.99 Å². The van der Waals surface area contributed by atoms with Gasteiger partial charge in [-0.2, -0.15) is 11.8 Å². The molecule has 4 unspecified atom stereocenters. The second-order valence-electron chi connectivity index (χ2n) is 8.16. The molecule has 0 amide bonds. The molecular weight excluding hydrogens is 368 g/mol. The van der Waals surface area contributed by atoms with E-state index >= 15 is 0 Å². The number of rotatable bonds is 6. The van der Waals surface area contributed by atoms with Gasteiger partial charge in [-0.05, 0) is 50.5 Å². The Balaban J connectivity index is 1.55. The Morgan fingerprint density at radius 2 is 1.89 bits per heavy atom. The molecule has 1 aliphatic heterocycles. The minimum atomic E-state index is 0.300. The number of ether oxygens (including phenoxy) is 1. The molecule has 1 heterocycles. The zero-order valence-corrected chi connectivity index (χ0v) is 18.6. The molecule has 0 bridgehead atoms. The highest BCUT2D eigenvalue weighted by atomic mass is 32.2. The molecule has 2 fully saturated rings. The van der Waals surface area contributed by atoms with E-state index in [4.69, 9.17) is 4.74 Å². The summed E-state index contributed by atoms with van der Waals surface area (Å²) >= 11 is 1.99. The van der Waals surface area contributed by atoms with Crippen LogP contribution in [0.2, 0.25) is 0 Å². The number of morpholine rings is 1. The third-order valence-electron chi connectivity index (χ3n) is 5.74. The quantitative estimate of drug-likeness (QED) is 0.563. The molecule has 2 N–H and O–H groups in total. The van der Waals surface area contributed by atoms with E-state index in [0.717, 1.165) is 37.4 Å². The third-order valence-corrected chi connectivity index (χ3v) is 6.83. The van der Waals surface area contributed by atoms with Gasteiger partial charge in [-0.15, -0.1) is 0 Å². The van der Waals surface area contributed by atoms with E-state index in [0.29, 0.717) is 18.2 Å². The highest BCUT2D eigenvalue weighted by Gasteiger charge is 2.25. The average Bonchev–Trinajstić information content (AvgIpc) is 3.13. The van der Waals surface area contributed by atoms with Gasteiger partial charge in [-0.3, -0.25) is 9.89 Å². The summed E-state index contributed by atoms with van der Waals surface area (Å²) in [5.41, 5.74) is 2.72. The first-order valence-electron chi connectivity index (χ1n) is 10.5. The SMILES string of the molecule is CN=C(NCc1ccccc1CN1CC(C)OC(C)C1)NC1CCC(SC)C1. The van der Waals surface area contributed by atoms with Crippen LogP contribution in [-0.2, 0) is 17.8 Å². The van der Waals surface area contributed by atoms with Gasteiger partial charge in [0.2, 0.25) is 0 Å². The van der Waals surface area contributed by atoms with Crippen molar-refractivity contribution < 1.29 is 4.74 Å². The molecule has 4 atom stereocenters. The molecular formula is C22H36N4OS. The van der Waals surface area contributed by atoms with Crippen molar-refractivity contribution in [3.05, 3.63) is 35.4 Å². The summed E-state index contributed by atoms with van der Waals surface area (Å²) in [5.74, 6) is 0.912. The second kappa shape index (κ2) is 10.5. The monoisotopic (exact) mass is 404 g/mol. The third kappa shape index (κ3) is 6.13. The van der Waals surface area contributed by atoms with Gasteiger partial charge in [0.15, 0.2) is 5.96 Å². The van der Waals surface area contributed by atoms with E-state index in [9.17, 15) is 0 Å². The van der Waals surface area contributed by atoms with Crippen LogP contribution in [0.1, 0.15) is 44.2 Å². The van der Waals surface area contributed by atoms with Crippen molar-refractivity contribution in [1.29, 1.82) is 0 Å². The first kappa shape index (κ1) is 21.5. The Hall–Kier alpha value is -1.24. The van der Waals surface area contributed by atoms with E-state index in [1.54, 1.807) is 0 Å². The molecule has 2 aliphatic rings. The Labute approximate surface area is 174 Å². The molecule has 6 heteroatoms. The molecule has 1 aromatic carbocycles. The molecule has 1 aromatic rings. The summed E-state index contributed by atoms with van der Waals surface area (Å²) in [6.45, 7) is 8.08. The molecule has 3 rings (SSSR count). The number of hydrogen-bond donors (Lipinski definition) is 2. The van der Waals surface area contributed by atoms with Gasteiger partial charge in [-0.25, -0.2) is 0 Å². The summed E-state index contributed by atoms with van der Waals surface area (Å²) in [6, 6.07) is 9.28. The van der Waals surface area contributed by atoms with Crippen molar-refractivity contribution in [3.8, 4) is 0 Å². The first-order valence-corrected chi connectivity index (χ1v) is 11.8. The largest absolute Gasteiger partial charge is 0.373 e. The predicted molar refractivity (Wildman–Crippen MR) is 120 cm³/mol. The fourth-order valence-electron chi connectivity index (χ4n) is 4.39. The lowest BCUT2D eigenvalue weighted by atomic mass is 10.1. The van der Waals surface area contributed by atoms with Crippen LogP contribution < -0.4 is 10.6 Å². The maximum Gasteiger partial charge on any atom is 0.191 e. The Bertz CT molecular complexity index is 643. The maximum absolute atomic E-state index is 5.88. The van der Waals surface area contributed by atoms with Crippen LogP contribution in [0.3, 0.4) is 0 Å². The van der Waals surface area contributed by atoms with Gasteiger partial charge >= 0.3 is 0 Å². The number of nitrogens with one attached hydrogen (secondary N) is 2. The zero-order chi connectivity index (χ0) is 19.9. The summed E-state index contributed by atoms with van der Waals surface area (Å²) in [4.78, 5) is 6.95. The maximum atomic E-state index is 5.88. The number of nitrogens with zero attached hydrogens (tertiary/aromatic N) is 2. The van der Waals surface area contributed by atoms with Crippen molar-refractivity contribution in [2.75, 3.05) is 26.4 Å². The lowest BCUT2D eigenvalue weighted by Gasteiger charge is -2.35. The standard InChI is InChI=1S/C22H36N4OS/c1-16-13-26(14-17(2)27-16)15-19-8-6-5-7-18(19)12-24-22(23-3)25-20-9-10-21(11-20)28-4/h5-8,16-17,20-21H,9-15H2,1-4H3,(H2,23,24,25). The zero-order valence-electron chi connectivity index (χ0n) is 17.8. The molecule has 0 spiro atoms. The predicted octanol–water partition coefficient (Wildman–Crippen LogP) is 3.24. The van der Waals surface area contributed by atoms with Gasteiger partial charge in [0.25, 0.3) is 0 Å².